The van der Waals surface area contributed by atoms with Crippen LogP contribution in [0.3, 0.4) is 0 Å². The summed E-state index contributed by atoms with van der Waals surface area (Å²) in [4.78, 5) is 32.1. The maximum Gasteiger partial charge on any atom is 0.315 e. The molecule has 8 heteroatoms. The van der Waals surface area contributed by atoms with Gasteiger partial charge in [-0.25, -0.2) is 4.79 Å². The van der Waals surface area contributed by atoms with E-state index in [9.17, 15) is 19.7 Å². The summed E-state index contributed by atoms with van der Waals surface area (Å²) in [5, 5.41) is 24.3. The van der Waals surface area contributed by atoms with Gasteiger partial charge in [-0.2, -0.15) is 0 Å². The lowest BCUT2D eigenvalue weighted by Gasteiger charge is -2.14. The van der Waals surface area contributed by atoms with Gasteiger partial charge in [0, 0.05) is 25.1 Å². The number of carboxylic acid groups (broad SMARTS) is 1. The topological polar surface area (TPSA) is 122 Å². The van der Waals surface area contributed by atoms with Crippen LogP contribution in [0.1, 0.15) is 31.4 Å². The number of non-ortho nitro benzene ring substituents is 1. The number of hydrogen-bond acceptors (Lipinski definition) is 4. The van der Waals surface area contributed by atoms with Crippen LogP contribution in [0, 0.1) is 10.1 Å². The summed E-state index contributed by atoms with van der Waals surface area (Å²) in [5.41, 5.74) is 0.577. The molecule has 3 N–H and O–H groups in total. The third-order valence-electron chi connectivity index (χ3n) is 2.78. The SMILES string of the molecule is CC(NC(=O)NCCCC(=O)O)c1cccc([N+](=O)[O-])c1. The molecule has 1 rings (SSSR count). The first-order valence-corrected chi connectivity index (χ1v) is 6.40. The molecular formula is C13H17N3O5. The number of carbonyl (C=O) groups is 2. The van der Waals surface area contributed by atoms with Gasteiger partial charge in [-0.3, -0.25) is 14.9 Å². The molecule has 0 aliphatic carbocycles. The normalized spacial score (nSPS) is 11.5. The summed E-state index contributed by atoms with van der Waals surface area (Å²) in [7, 11) is 0. The minimum Gasteiger partial charge on any atom is -0.481 e. The van der Waals surface area contributed by atoms with Crippen LogP contribution in [0.4, 0.5) is 10.5 Å². The smallest absolute Gasteiger partial charge is 0.315 e. The van der Waals surface area contributed by atoms with Gasteiger partial charge in [0.05, 0.1) is 11.0 Å². The average Bonchev–Trinajstić information content (AvgIpc) is 2.43. The van der Waals surface area contributed by atoms with Gasteiger partial charge in [-0.05, 0) is 18.9 Å². The molecule has 1 unspecified atom stereocenters. The first-order valence-electron chi connectivity index (χ1n) is 6.40. The minimum atomic E-state index is -0.915. The maximum absolute atomic E-state index is 11.6. The van der Waals surface area contributed by atoms with Crippen LogP contribution < -0.4 is 10.6 Å². The zero-order valence-corrected chi connectivity index (χ0v) is 11.5. The average molecular weight is 295 g/mol. The van der Waals surface area contributed by atoms with E-state index in [1.165, 1.54) is 12.1 Å². The number of hydrogen-bond donors (Lipinski definition) is 3. The van der Waals surface area contributed by atoms with E-state index in [4.69, 9.17) is 5.11 Å². The Kier molecular flexibility index (Phi) is 6.12. The second-order valence-electron chi connectivity index (χ2n) is 4.47. The fraction of sp³-hybridized carbons (Fsp3) is 0.385. The Morgan fingerprint density at radius 1 is 1.43 bits per heavy atom. The molecule has 0 aliphatic heterocycles. The van der Waals surface area contributed by atoms with E-state index in [0.717, 1.165) is 0 Å². The van der Waals surface area contributed by atoms with Crippen LogP contribution in [-0.2, 0) is 4.79 Å². The highest BCUT2D eigenvalue weighted by Gasteiger charge is 2.12. The highest BCUT2D eigenvalue weighted by Crippen LogP contribution is 2.18. The lowest BCUT2D eigenvalue weighted by Crippen LogP contribution is -2.37. The van der Waals surface area contributed by atoms with Crippen LogP contribution in [0.15, 0.2) is 24.3 Å². The summed E-state index contributed by atoms with van der Waals surface area (Å²) in [6, 6.07) is 5.17. The second-order valence-corrected chi connectivity index (χ2v) is 4.47. The van der Waals surface area contributed by atoms with Crippen LogP contribution in [0.2, 0.25) is 0 Å². The fourth-order valence-electron chi connectivity index (χ4n) is 1.68. The lowest BCUT2D eigenvalue weighted by atomic mass is 10.1. The number of nitrogens with one attached hydrogen (secondary N) is 2. The van der Waals surface area contributed by atoms with Gasteiger partial charge >= 0.3 is 12.0 Å². The molecular weight excluding hydrogens is 278 g/mol. The van der Waals surface area contributed by atoms with Crippen LogP contribution in [0.5, 0.6) is 0 Å². The number of amides is 2. The molecule has 0 spiro atoms. The Morgan fingerprint density at radius 2 is 2.14 bits per heavy atom. The Bertz CT molecular complexity index is 532. The molecule has 2 amide bonds. The molecule has 0 saturated carbocycles. The summed E-state index contributed by atoms with van der Waals surface area (Å²) in [6.45, 7) is 1.95. The molecule has 0 aromatic heterocycles. The molecule has 0 fully saturated rings. The number of carbonyl (C=O) groups excluding carboxylic acids is 1. The van der Waals surface area contributed by atoms with Gasteiger partial charge in [0.25, 0.3) is 5.69 Å². The summed E-state index contributed by atoms with van der Waals surface area (Å²) in [6.07, 6.45) is 0.328. The zero-order valence-electron chi connectivity index (χ0n) is 11.5. The van der Waals surface area contributed by atoms with E-state index < -0.39 is 23.0 Å². The summed E-state index contributed by atoms with van der Waals surface area (Å²) in [5.74, 6) is -0.915. The van der Waals surface area contributed by atoms with Crippen molar-refractivity contribution in [3.8, 4) is 0 Å². The fourth-order valence-corrected chi connectivity index (χ4v) is 1.68. The molecule has 0 aliphatic rings. The monoisotopic (exact) mass is 295 g/mol. The maximum atomic E-state index is 11.6. The molecule has 1 aromatic carbocycles. The van der Waals surface area contributed by atoms with Crippen molar-refractivity contribution >= 4 is 17.7 Å². The quantitative estimate of drug-likeness (QED) is 0.402. The van der Waals surface area contributed by atoms with Gasteiger partial charge in [0.2, 0.25) is 0 Å². The van der Waals surface area contributed by atoms with Gasteiger partial charge < -0.3 is 15.7 Å². The molecule has 1 atom stereocenters. The molecule has 0 radical (unpaired) electrons. The number of rotatable bonds is 7. The van der Waals surface area contributed by atoms with Crippen molar-refractivity contribution in [2.75, 3.05) is 6.54 Å². The molecule has 0 saturated heterocycles. The van der Waals surface area contributed by atoms with Gasteiger partial charge in [0.1, 0.15) is 0 Å². The number of nitro groups is 1. The Balaban J connectivity index is 2.47. The standard InChI is InChI=1S/C13H17N3O5/c1-9(10-4-2-5-11(8-10)16(20)21)15-13(19)14-7-3-6-12(17)18/h2,4-5,8-9H,3,6-7H2,1H3,(H,17,18)(H2,14,15,19). The predicted molar refractivity (Wildman–Crippen MR) is 74.9 cm³/mol. The number of urea groups is 1. The van der Waals surface area contributed by atoms with Crippen molar-refractivity contribution in [2.24, 2.45) is 0 Å². The first kappa shape index (κ1) is 16.4. The number of benzene rings is 1. The van der Waals surface area contributed by atoms with Crippen LogP contribution in [0.25, 0.3) is 0 Å². The number of aliphatic carboxylic acids is 1. The van der Waals surface area contributed by atoms with E-state index >= 15 is 0 Å². The van der Waals surface area contributed by atoms with Crippen molar-refractivity contribution in [2.45, 2.75) is 25.8 Å². The molecule has 0 bridgehead atoms. The Morgan fingerprint density at radius 3 is 2.76 bits per heavy atom. The highest BCUT2D eigenvalue weighted by molar-refractivity contribution is 5.74. The molecule has 114 valence electrons. The van der Waals surface area contributed by atoms with E-state index in [2.05, 4.69) is 10.6 Å². The van der Waals surface area contributed by atoms with Crippen molar-refractivity contribution < 1.29 is 19.6 Å². The van der Waals surface area contributed by atoms with E-state index in [1.807, 2.05) is 0 Å². The number of carboxylic acids is 1. The highest BCUT2D eigenvalue weighted by atomic mass is 16.6. The minimum absolute atomic E-state index is 0.0132. The van der Waals surface area contributed by atoms with Gasteiger partial charge in [-0.1, -0.05) is 12.1 Å². The van der Waals surface area contributed by atoms with E-state index in [1.54, 1.807) is 19.1 Å². The van der Waals surface area contributed by atoms with E-state index in [0.29, 0.717) is 12.0 Å². The van der Waals surface area contributed by atoms with Gasteiger partial charge in [0.15, 0.2) is 0 Å². The van der Waals surface area contributed by atoms with Crippen molar-refractivity contribution in [1.29, 1.82) is 0 Å². The lowest BCUT2D eigenvalue weighted by molar-refractivity contribution is -0.384. The van der Waals surface area contributed by atoms with Crippen molar-refractivity contribution in [3.05, 3.63) is 39.9 Å². The second kappa shape index (κ2) is 7.83. The van der Waals surface area contributed by atoms with Crippen LogP contribution in [-0.4, -0.2) is 28.6 Å². The largest absolute Gasteiger partial charge is 0.481 e. The van der Waals surface area contributed by atoms with Crippen molar-refractivity contribution in [3.63, 3.8) is 0 Å². The Labute approximate surface area is 121 Å². The van der Waals surface area contributed by atoms with Crippen molar-refractivity contribution in [1.82, 2.24) is 10.6 Å². The molecule has 1 aromatic rings. The third-order valence-corrected chi connectivity index (χ3v) is 2.78. The van der Waals surface area contributed by atoms with E-state index in [-0.39, 0.29) is 18.7 Å². The molecule has 21 heavy (non-hydrogen) atoms. The first-order chi connectivity index (χ1) is 9.90. The number of nitro benzene ring substituents is 1. The molecule has 8 nitrogen and oxygen atoms in total. The number of nitrogens with zero attached hydrogens (tertiary/aromatic N) is 1. The summed E-state index contributed by atoms with van der Waals surface area (Å²) >= 11 is 0. The predicted octanol–water partition coefficient (Wildman–Crippen LogP) is 1.82. The van der Waals surface area contributed by atoms with Crippen LogP contribution >= 0.6 is 0 Å². The summed E-state index contributed by atoms with van der Waals surface area (Å²) < 4.78 is 0. The molecule has 0 heterocycles. The third kappa shape index (κ3) is 5.89. The zero-order chi connectivity index (χ0) is 15.8. The Hall–Kier alpha value is -2.64. The van der Waals surface area contributed by atoms with Gasteiger partial charge in [-0.15, -0.1) is 0 Å².